The van der Waals surface area contributed by atoms with E-state index in [-0.39, 0.29) is 0 Å². The van der Waals surface area contributed by atoms with E-state index in [1.54, 1.807) is 0 Å². The van der Waals surface area contributed by atoms with Crippen molar-refractivity contribution in [2.45, 2.75) is 31.7 Å². The lowest BCUT2D eigenvalue weighted by molar-refractivity contribution is 0.450. The third-order valence-electron chi connectivity index (χ3n) is 3.57. The Morgan fingerprint density at radius 1 is 1.26 bits per heavy atom. The van der Waals surface area contributed by atoms with Gasteiger partial charge in [0.1, 0.15) is 0 Å². The van der Waals surface area contributed by atoms with Gasteiger partial charge in [0, 0.05) is 20.8 Å². The number of benzene rings is 1. The van der Waals surface area contributed by atoms with Crippen LogP contribution in [-0.2, 0) is 6.42 Å². The highest BCUT2D eigenvalue weighted by Crippen LogP contribution is 2.28. The van der Waals surface area contributed by atoms with E-state index in [0.717, 1.165) is 12.8 Å². The summed E-state index contributed by atoms with van der Waals surface area (Å²) in [7, 11) is 2.07. The Kier molecular flexibility index (Phi) is 5.61. The zero-order valence-corrected chi connectivity index (χ0v) is 13.8. The van der Waals surface area contributed by atoms with Crippen LogP contribution in [0.25, 0.3) is 0 Å². The summed E-state index contributed by atoms with van der Waals surface area (Å²) in [5, 5.41) is 5.66. The molecule has 2 aromatic rings. The summed E-state index contributed by atoms with van der Waals surface area (Å²) in [6.45, 7) is 2.27. The molecule has 2 rings (SSSR count). The van der Waals surface area contributed by atoms with Crippen LogP contribution in [0.5, 0.6) is 0 Å². The normalized spacial score (nSPS) is 14.3. The van der Waals surface area contributed by atoms with E-state index in [2.05, 4.69) is 77.0 Å². The van der Waals surface area contributed by atoms with E-state index in [9.17, 15) is 0 Å². The first kappa shape index (κ1) is 14.8. The van der Waals surface area contributed by atoms with Crippen molar-refractivity contribution in [3.63, 3.8) is 0 Å². The number of hydrogen-bond donors (Lipinski definition) is 1. The summed E-state index contributed by atoms with van der Waals surface area (Å²) >= 11 is 5.36. The van der Waals surface area contributed by atoms with Crippen molar-refractivity contribution in [1.82, 2.24) is 5.32 Å². The first-order valence-electron chi connectivity index (χ1n) is 6.69. The van der Waals surface area contributed by atoms with Crippen LogP contribution in [0.2, 0.25) is 0 Å². The molecule has 0 spiro atoms. The van der Waals surface area contributed by atoms with Crippen LogP contribution in [0.15, 0.2) is 46.3 Å². The van der Waals surface area contributed by atoms with Crippen molar-refractivity contribution in [1.29, 1.82) is 0 Å². The summed E-state index contributed by atoms with van der Waals surface area (Å²) in [6, 6.07) is 13.5. The van der Waals surface area contributed by atoms with E-state index < -0.39 is 0 Å². The molecule has 0 bridgehead atoms. The second-order valence-corrected chi connectivity index (χ2v) is 6.67. The monoisotopic (exact) mass is 337 g/mol. The Morgan fingerprint density at radius 3 is 2.53 bits per heavy atom. The van der Waals surface area contributed by atoms with Gasteiger partial charge < -0.3 is 5.32 Å². The Morgan fingerprint density at radius 2 is 2.00 bits per heavy atom. The molecule has 1 aromatic heterocycles. The highest BCUT2D eigenvalue weighted by atomic mass is 79.9. The molecule has 0 aliphatic heterocycles. The third kappa shape index (κ3) is 3.91. The van der Waals surface area contributed by atoms with Gasteiger partial charge in [-0.3, -0.25) is 0 Å². The zero-order chi connectivity index (χ0) is 13.7. The Labute approximate surface area is 128 Å². The van der Waals surface area contributed by atoms with Gasteiger partial charge in [0.25, 0.3) is 0 Å². The molecular formula is C16H20BrNS. The molecule has 3 heteroatoms. The van der Waals surface area contributed by atoms with Gasteiger partial charge in [-0.2, -0.15) is 0 Å². The van der Waals surface area contributed by atoms with Gasteiger partial charge in [0.05, 0.1) is 0 Å². The molecule has 0 saturated heterocycles. The van der Waals surface area contributed by atoms with Gasteiger partial charge in [0.15, 0.2) is 0 Å². The molecule has 0 saturated carbocycles. The average Bonchev–Trinajstić information content (AvgIpc) is 2.85. The van der Waals surface area contributed by atoms with Gasteiger partial charge >= 0.3 is 0 Å². The largest absolute Gasteiger partial charge is 0.316 e. The van der Waals surface area contributed by atoms with E-state index in [4.69, 9.17) is 0 Å². The molecule has 0 aliphatic carbocycles. The average molecular weight is 338 g/mol. The Hall–Kier alpha value is -0.640. The topological polar surface area (TPSA) is 12.0 Å². The van der Waals surface area contributed by atoms with Crippen LogP contribution >= 0.6 is 27.3 Å². The lowest BCUT2D eigenvalue weighted by Crippen LogP contribution is -2.33. The molecule has 2 atom stereocenters. The molecule has 19 heavy (non-hydrogen) atoms. The summed E-state index contributed by atoms with van der Waals surface area (Å²) in [5.74, 6) is 0.562. The minimum absolute atomic E-state index is 0.484. The maximum absolute atomic E-state index is 3.53. The number of rotatable bonds is 6. The number of halogens is 1. The molecular weight excluding hydrogens is 318 g/mol. The molecule has 0 radical (unpaired) electrons. The minimum atomic E-state index is 0.484. The Bertz CT molecular complexity index is 494. The van der Waals surface area contributed by atoms with E-state index in [0.29, 0.717) is 12.0 Å². The van der Waals surface area contributed by atoms with Crippen LogP contribution in [0.1, 0.15) is 29.7 Å². The molecule has 2 unspecified atom stereocenters. The highest BCUT2D eigenvalue weighted by molar-refractivity contribution is 9.10. The van der Waals surface area contributed by atoms with Crippen LogP contribution in [-0.4, -0.2) is 13.1 Å². The predicted octanol–water partition coefficient (Wildman–Crippen LogP) is 4.83. The zero-order valence-electron chi connectivity index (χ0n) is 11.4. The number of thiophene rings is 1. The number of hydrogen-bond acceptors (Lipinski definition) is 2. The van der Waals surface area contributed by atoms with E-state index >= 15 is 0 Å². The van der Waals surface area contributed by atoms with Gasteiger partial charge in [-0.15, -0.1) is 11.3 Å². The molecule has 1 heterocycles. The quantitative estimate of drug-likeness (QED) is 0.795. The van der Waals surface area contributed by atoms with Crippen LogP contribution in [0.3, 0.4) is 0 Å². The van der Waals surface area contributed by atoms with Gasteiger partial charge in [0.2, 0.25) is 0 Å². The molecule has 1 nitrogen and oxygen atoms in total. The molecule has 1 N–H and O–H groups in total. The molecule has 1 aromatic carbocycles. The lowest BCUT2D eigenvalue weighted by atomic mass is 9.87. The Balaban J connectivity index is 2.15. The van der Waals surface area contributed by atoms with Crippen LogP contribution in [0.4, 0.5) is 0 Å². The van der Waals surface area contributed by atoms with E-state index in [1.165, 1.54) is 14.9 Å². The van der Waals surface area contributed by atoms with Crippen molar-refractivity contribution in [3.05, 3.63) is 56.7 Å². The third-order valence-corrected chi connectivity index (χ3v) is 5.29. The summed E-state index contributed by atoms with van der Waals surface area (Å²) in [5.41, 5.74) is 1.43. The van der Waals surface area contributed by atoms with Crippen molar-refractivity contribution in [3.8, 4) is 0 Å². The summed E-state index contributed by atoms with van der Waals surface area (Å²) in [6.07, 6.45) is 2.24. The van der Waals surface area contributed by atoms with Gasteiger partial charge in [-0.05, 0) is 53.4 Å². The van der Waals surface area contributed by atoms with Gasteiger partial charge in [-0.1, -0.05) is 37.3 Å². The van der Waals surface area contributed by atoms with Crippen molar-refractivity contribution in [2.24, 2.45) is 0 Å². The second kappa shape index (κ2) is 7.22. The fraction of sp³-hybridized carbons (Fsp3) is 0.375. The van der Waals surface area contributed by atoms with Gasteiger partial charge in [-0.25, -0.2) is 0 Å². The summed E-state index contributed by atoms with van der Waals surface area (Å²) < 4.78 is 1.19. The molecule has 0 fully saturated rings. The SMILES string of the molecule is CCC(c1ccccc1)C(Cc1cc(Br)cs1)NC. The standard InChI is InChI=1S/C16H20BrNS/c1-3-15(12-7-5-4-6-8-12)16(18-2)10-14-9-13(17)11-19-14/h4-9,11,15-16,18H,3,10H2,1-2H3. The maximum Gasteiger partial charge on any atom is 0.0285 e. The first-order chi connectivity index (χ1) is 9.24. The minimum Gasteiger partial charge on any atom is -0.316 e. The van der Waals surface area contributed by atoms with Crippen LogP contribution < -0.4 is 5.32 Å². The molecule has 102 valence electrons. The smallest absolute Gasteiger partial charge is 0.0285 e. The predicted molar refractivity (Wildman–Crippen MR) is 88.0 cm³/mol. The molecule has 0 aliphatic rings. The maximum atomic E-state index is 3.53. The van der Waals surface area contributed by atoms with Crippen molar-refractivity contribution < 1.29 is 0 Å². The highest BCUT2D eigenvalue weighted by Gasteiger charge is 2.20. The van der Waals surface area contributed by atoms with Crippen molar-refractivity contribution >= 4 is 27.3 Å². The fourth-order valence-electron chi connectivity index (χ4n) is 2.58. The molecule has 0 amide bonds. The van der Waals surface area contributed by atoms with E-state index in [1.807, 2.05) is 11.3 Å². The lowest BCUT2D eigenvalue weighted by Gasteiger charge is -2.26. The fourth-order valence-corrected chi connectivity index (χ4v) is 4.09. The van der Waals surface area contributed by atoms with Crippen molar-refractivity contribution in [2.75, 3.05) is 7.05 Å². The number of nitrogens with one attached hydrogen (secondary N) is 1. The second-order valence-electron chi connectivity index (χ2n) is 4.76. The number of likely N-dealkylation sites (N-methyl/N-ethyl adjacent to an activating group) is 1. The summed E-state index contributed by atoms with van der Waals surface area (Å²) in [4.78, 5) is 1.43. The van der Waals surface area contributed by atoms with Crippen LogP contribution in [0, 0.1) is 0 Å². The first-order valence-corrected chi connectivity index (χ1v) is 8.37.